The van der Waals surface area contributed by atoms with Gasteiger partial charge in [-0.05, 0) is 31.6 Å². The molecule has 16 heavy (non-hydrogen) atoms. The summed E-state index contributed by atoms with van der Waals surface area (Å²) in [4.78, 5) is 25.7. The van der Waals surface area contributed by atoms with Gasteiger partial charge in [0, 0.05) is 6.04 Å². The van der Waals surface area contributed by atoms with E-state index < -0.39 is 0 Å². The minimum Gasteiger partial charge on any atom is -0.342 e. The fourth-order valence-corrected chi connectivity index (χ4v) is 2.97. The first-order chi connectivity index (χ1) is 7.75. The number of nitrogens with zero attached hydrogens (tertiary/aromatic N) is 1. The highest BCUT2D eigenvalue weighted by atomic mass is 16.2. The molecule has 0 aromatic rings. The monoisotopic (exact) mass is 222 g/mol. The summed E-state index contributed by atoms with van der Waals surface area (Å²) >= 11 is 0. The van der Waals surface area contributed by atoms with E-state index >= 15 is 0 Å². The highest BCUT2D eigenvalue weighted by molar-refractivity contribution is 5.95. The van der Waals surface area contributed by atoms with Gasteiger partial charge in [0.25, 0.3) is 0 Å². The molecule has 1 heterocycles. The molecule has 3 aliphatic rings. The van der Waals surface area contributed by atoms with Crippen LogP contribution >= 0.6 is 0 Å². The number of amides is 2. The predicted molar refractivity (Wildman–Crippen MR) is 58.6 cm³/mol. The quantitative estimate of drug-likeness (QED) is 0.746. The van der Waals surface area contributed by atoms with Crippen LogP contribution in [0, 0.1) is 5.92 Å². The van der Waals surface area contributed by atoms with Crippen molar-refractivity contribution in [2.45, 2.75) is 50.6 Å². The van der Waals surface area contributed by atoms with E-state index in [1.54, 1.807) is 0 Å². The van der Waals surface area contributed by atoms with Gasteiger partial charge in [-0.25, -0.2) is 0 Å². The minimum absolute atomic E-state index is 0.0309. The predicted octanol–water partition coefficient (Wildman–Crippen LogP) is 0.666. The van der Waals surface area contributed by atoms with Gasteiger partial charge in [-0.15, -0.1) is 0 Å². The Bertz CT molecular complexity index is 319. The molecule has 1 N–H and O–H groups in total. The summed E-state index contributed by atoms with van der Waals surface area (Å²) in [6, 6.07) is 0.127. The van der Waals surface area contributed by atoms with Crippen LogP contribution in [0.4, 0.5) is 0 Å². The summed E-state index contributed by atoms with van der Waals surface area (Å²) in [5.41, 5.74) is 0. The van der Waals surface area contributed by atoms with Crippen molar-refractivity contribution in [3.63, 3.8) is 0 Å². The van der Waals surface area contributed by atoms with Crippen molar-refractivity contribution >= 4 is 11.8 Å². The molecule has 1 atom stereocenters. The van der Waals surface area contributed by atoms with E-state index in [9.17, 15) is 9.59 Å². The van der Waals surface area contributed by atoms with E-state index in [1.807, 2.05) is 4.90 Å². The van der Waals surface area contributed by atoms with Gasteiger partial charge in [0.05, 0.1) is 6.54 Å². The zero-order chi connectivity index (χ0) is 11.1. The highest BCUT2D eigenvalue weighted by Gasteiger charge is 2.44. The standard InChI is InChI=1S/C12H18N2O2/c15-10-7-14(9-3-1-2-4-9)12(16)11(13-10)8-5-6-8/h8-9,11H,1-7H2,(H,13,15). The Balaban J connectivity index is 1.75. The van der Waals surface area contributed by atoms with E-state index in [1.165, 1.54) is 12.8 Å². The van der Waals surface area contributed by atoms with Crippen LogP contribution in [-0.4, -0.2) is 35.3 Å². The molecule has 3 rings (SSSR count). The molecule has 1 aliphatic heterocycles. The molecule has 4 heteroatoms. The Hall–Kier alpha value is -1.06. The normalized spacial score (nSPS) is 32.0. The van der Waals surface area contributed by atoms with Gasteiger partial charge in [-0.3, -0.25) is 9.59 Å². The third-order valence-corrected chi connectivity index (χ3v) is 4.04. The van der Waals surface area contributed by atoms with E-state index in [0.717, 1.165) is 25.7 Å². The first-order valence-corrected chi connectivity index (χ1v) is 6.35. The molecule has 88 valence electrons. The Morgan fingerprint density at radius 2 is 1.75 bits per heavy atom. The fourth-order valence-electron chi connectivity index (χ4n) is 2.97. The second-order valence-corrected chi connectivity index (χ2v) is 5.29. The Morgan fingerprint density at radius 3 is 2.38 bits per heavy atom. The number of carbonyl (C=O) groups is 2. The first kappa shape index (κ1) is 10.1. The molecular formula is C12H18N2O2. The van der Waals surface area contributed by atoms with Gasteiger partial charge in [0.15, 0.2) is 0 Å². The van der Waals surface area contributed by atoms with Crippen LogP contribution in [0.15, 0.2) is 0 Å². The molecule has 1 unspecified atom stereocenters. The summed E-state index contributed by atoms with van der Waals surface area (Å²) in [6.07, 6.45) is 6.74. The lowest BCUT2D eigenvalue weighted by atomic mass is 10.1. The van der Waals surface area contributed by atoms with Crippen molar-refractivity contribution in [1.29, 1.82) is 0 Å². The molecule has 0 bridgehead atoms. The molecule has 4 nitrogen and oxygen atoms in total. The highest BCUT2D eigenvalue weighted by Crippen LogP contribution is 2.35. The van der Waals surface area contributed by atoms with Gasteiger partial charge in [0.2, 0.25) is 11.8 Å². The summed E-state index contributed by atoms with van der Waals surface area (Å²) in [5.74, 6) is 0.623. The van der Waals surface area contributed by atoms with Gasteiger partial charge < -0.3 is 10.2 Å². The van der Waals surface area contributed by atoms with Gasteiger partial charge in [-0.1, -0.05) is 12.8 Å². The molecule has 0 aromatic heterocycles. The average Bonchev–Trinajstić information content (AvgIpc) is 2.96. The van der Waals surface area contributed by atoms with Crippen molar-refractivity contribution in [2.75, 3.05) is 6.54 Å². The number of rotatable bonds is 2. The summed E-state index contributed by atoms with van der Waals surface area (Å²) in [5, 5.41) is 2.85. The summed E-state index contributed by atoms with van der Waals surface area (Å²) in [6.45, 7) is 0.284. The van der Waals surface area contributed by atoms with Crippen molar-refractivity contribution in [2.24, 2.45) is 5.92 Å². The SMILES string of the molecule is O=C1CN(C2CCCC2)C(=O)C(C2CC2)N1. The van der Waals surface area contributed by atoms with Crippen molar-refractivity contribution in [1.82, 2.24) is 10.2 Å². The Kier molecular flexibility index (Phi) is 2.37. The molecule has 3 fully saturated rings. The van der Waals surface area contributed by atoms with Crippen LogP contribution in [0.1, 0.15) is 38.5 Å². The van der Waals surface area contributed by atoms with Crippen molar-refractivity contribution in [3.8, 4) is 0 Å². The molecule has 2 aliphatic carbocycles. The zero-order valence-corrected chi connectivity index (χ0v) is 9.45. The van der Waals surface area contributed by atoms with E-state index in [2.05, 4.69) is 5.32 Å². The van der Waals surface area contributed by atoms with Crippen LogP contribution in [-0.2, 0) is 9.59 Å². The second kappa shape index (κ2) is 3.75. The number of piperazine rings is 1. The van der Waals surface area contributed by atoms with Gasteiger partial charge in [0.1, 0.15) is 6.04 Å². The van der Waals surface area contributed by atoms with Crippen LogP contribution in [0.25, 0.3) is 0 Å². The topological polar surface area (TPSA) is 49.4 Å². The lowest BCUT2D eigenvalue weighted by Crippen LogP contribution is -2.61. The number of carbonyl (C=O) groups excluding carboxylic acids is 2. The third-order valence-electron chi connectivity index (χ3n) is 4.04. The van der Waals surface area contributed by atoms with Crippen LogP contribution < -0.4 is 5.32 Å². The molecule has 0 radical (unpaired) electrons. The number of hydrogen-bond donors (Lipinski definition) is 1. The first-order valence-electron chi connectivity index (χ1n) is 6.35. The van der Waals surface area contributed by atoms with Crippen LogP contribution in [0.3, 0.4) is 0 Å². The Labute approximate surface area is 95.4 Å². The lowest BCUT2D eigenvalue weighted by Gasteiger charge is -2.36. The molecular weight excluding hydrogens is 204 g/mol. The second-order valence-electron chi connectivity index (χ2n) is 5.29. The van der Waals surface area contributed by atoms with Gasteiger partial charge in [-0.2, -0.15) is 0 Å². The number of nitrogens with one attached hydrogen (secondary N) is 1. The molecule has 2 amide bonds. The van der Waals surface area contributed by atoms with E-state index in [0.29, 0.717) is 12.0 Å². The van der Waals surface area contributed by atoms with Gasteiger partial charge >= 0.3 is 0 Å². The minimum atomic E-state index is -0.207. The number of hydrogen-bond acceptors (Lipinski definition) is 2. The largest absolute Gasteiger partial charge is 0.342 e. The smallest absolute Gasteiger partial charge is 0.246 e. The van der Waals surface area contributed by atoms with Crippen molar-refractivity contribution in [3.05, 3.63) is 0 Å². The van der Waals surface area contributed by atoms with Crippen LogP contribution in [0.5, 0.6) is 0 Å². The van der Waals surface area contributed by atoms with E-state index in [-0.39, 0.29) is 24.4 Å². The lowest BCUT2D eigenvalue weighted by molar-refractivity contribution is -0.147. The molecule has 2 saturated carbocycles. The molecule has 1 saturated heterocycles. The van der Waals surface area contributed by atoms with Crippen molar-refractivity contribution < 1.29 is 9.59 Å². The zero-order valence-electron chi connectivity index (χ0n) is 9.45. The maximum atomic E-state index is 12.3. The average molecular weight is 222 g/mol. The third kappa shape index (κ3) is 1.70. The maximum Gasteiger partial charge on any atom is 0.246 e. The maximum absolute atomic E-state index is 12.3. The summed E-state index contributed by atoms with van der Waals surface area (Å²) in [7, 11) is 0. The Morgan fingerprint density at radius 1 is 1.06 bits per heavy atom. The van der Waals surface area contributed by atoms with E-state index in [4.69, 9.17) is 0 Å². The molecule has 0 aromatic carbocycles. The molecule has 0 spiro atoms. The fraction of sp³-hybridized carbons (Fsp3) is 0.833. The van der Waals surface area contributed by atoms with Crippen LogP contribution in [0.2, 0.25) is 0 Å². The summed E-state index contributed by atoms with van der Waals surface area (Å²) < 4.78 is 0.